The molecule has 6 nitrogen and oxygen atoms in total. The first-order valence-corrected chi connectivity index (χ1v) is 11.4. The first-order chi connectivity index (χ1) is 15.2. The second-order valence-corrected chi connectivity index (χ2v) is 9.31. The minimum absolute atomic E-state index is 0.0340. The van der Waals surface area contributed by atoms with Crippen molar-refractivity contribution >= 4 is 46.6 Å². The number of nitrogens with one attached hydrogen (secondary N) is 3. The van der Waals surface area contributed by atoms with Crippen LogP contribution >= 0.6 is 23.2 Å². The molecule has 0 radical (unpaired) electrons. The third-order valence-electron chi connectivity index (χ3n) is 5.11. The summed E-state index contributed by atoms with van der Waals surface area (Å²) < 4.78 is 0. The summed E-state index contributed by atoms with van der Waals surface area (Å²) in [5, 5.41) is 9.22. The van der Waals surface area contributed by atoms with E-state index in [9.17, 15) is 14.4 Å². The molecule has 3 rings (SSSR count). The maximum absolute atomic E-state index is 12.9. The van der Waals surface area contributed by atoms with Gasteiger partial charge in [0.1, 0.15) is 6.04 Å². The molecular formula is C24H27Cl2N3O3. The van der Waals surface area contributed by atoms with Crippen LogP contribution in [-0.2, 0) is 16.1 Å². The number of anilines is 1. The summed E-state index contributed by atoms with van der Waals surface area (Å²) in [6.07, 6.45) is 2.35. The van der Waals surface area contributed by atoms with Crippen molar-refractivity contribution in [1.29, 1.82) is 0 Å². The Labute approximate surface area is 198 Å². The van der Waals surface area contributed by atoms with Crippen molar-refractivity contribution in [3.63, 3.8) is 0 Å². The second kappa shape index (κ2) is 10.8. The normalized spacial score (nSPS) is 14.0. The maximum atomic E-state index is 12.9. The number of amides is 3. The van der Waals surface area contributed by atoms with Gasteiger partial charge in [-0.15, -0.1) is 0 Å². The fourth-order valence-electron chi connectivity index (χ4n) is 3.27. The molecule has 0 heterocycles. The lowest BCUT2D eigenvalue weighted by molar-refractivity contribution is -0.123. The minimum Gasteiger partial charge on any atom is -0.350 e. The number of halogens is 2. The molecule has 8 heteroatoms. The Morgan fingerprint density at radius 1 is 1.06 bits per heavy atom. The Morgan fingerprint density at radius 3 is 2.47 bits per heavy atom. The van der Waals surface area contributed by atoms with Crippen molar-refractivity contribution in [3.8, 4) is 0 Å². The van der Waals surface area contributed by atoms with Crippen LogP contribution in [0.1, 0.15) is 49.0 Å². The molecule has 1 aliphatic carbocycles. The topological polar surface area (TPSA) is 87.3 Å². The van der Waals surface area contributed by atoms with Crippen LogP contribution in [0.15, 0.2) is 42.5 Å². The minimum atomic E-state index is -0.716. The molecular weight excluding hydrogens is 449 g/mol. The number of rotatable bonds is 9. The van der Waals surface area contributed by atoms with Gasteiger partial charge < -0.3 is 16.0 Å². The van der Waals surface area contributed by atoms with E-state index in [0.717, 1.165) is 18.4 Å². The van der Waals surface area contributed by atoms with Gasteiger partial charge in [0.15, 0.2) is 0 Å². The van der Waals surface area contributed by atoms with E-state index in [2.05, 4.69) is 16.0 Å². The SMILES string of the molecule is CC(C)CC(NC(=O)c1ccc(Cl)cc1Cl)C(=O)NCc1cccc(NC(=O)C2CC2)c1. The van der Waals surface area contributed by atoms with Crippen molar-refractivity contribution < 1.29 is 14.4 Å². The van der Waals surface area contributed by atoms with E-state index >= 15 is 0 Å². The number of hydrogen-bond donors (Lipinski definition) is 3. The van der Waals surface area contributed by atoms with Crippen molar-refractivity contribution in [3.05, 3.63) is 63.6 Å². The lowest BCUT2D eigenvalue weighted by atomic mass is 10.0. The van der Waals surface area contributed by atoms with Gasteiger partial charge in [-0.2, -0.15) is 0 Å². The van der Waals surface area contributed by atoms with E-state index in [0.29, 0.717) is 17.1 Å². The van der Waals surface area contributed by atoms with E-state index < -0.39 is 11.9 Å². The molecule has 1 aliphatic rings. The molecule has 0 aromatic heterocycles. The molecule has 1 atom stereocenters. The van der Waals surface area contributed by atoms with Crippen LogP contribution in [0.5, 0.6) is 0 Å². The largest absolute Gasteiger partial charge is 0.350 e. The first-order valence-electron chi connectivity index (χ1n) is 10.7. The molecule has 1 unspecified atom stereocenters. The molecule has 0 bridgehead atoms. The Bertz CT molecular complexity index is 1010. The average Bonchev–Trinajstić information content (AvgIpc) is 3.57. The van der Waals surface area contributed by atoms with E-state index in [1.165, 1.54) is 12.1 Å². The lowest BCUT2D eigenvalue weighted by Gasteiger charge is -2.21. The molecule has 2 aromatic carbocycles. The van der Waals surface area contributed by atoms with Crippen LogP contribution in [0.3, 0.4) is 0 Å². The van der Waals surface area contributed by atoms with Crippen LogP contribution in [0.25, 0.3) is 0 Å². The summed E-state index contributed by atoms with van der Waals surface area (Å²) in [4.78, 5) is 37.5. The summed E-state index contributed by atoms with van der Waals surface area (Å²) in [6, 6.07) is 11.3. The second-order valence-electron chi connectivity index (χ2n) is 8.46. The highest BCUT2D eigenvalue weighted by molar-refractivity contribution is 6.36. The van der Waals surface area contributed by atoms with Gasteiger partial charge in [0.2, 0.25) is 11.8 Å². The van der Waals surface area contributed by atoms with E-state index in [-0.39, 0.29) is 40.8 Å². The number of carbonyl (C=O) groups is 3. The summed E-state index contributed by atoms with van der Waals surface area (Å²) >= 11 is 12.0. The molecule has 3 amide bonds. The molecule has 2 aromatic rings. The maximum Gasteiger partial charge on any atom is 0.253 e. The Kier molecular flexibility index (Phi) is 8.15. The smallest absolute Gasteiger partial charge is 0.253 e. The number of carbonyl (C=O) groups excluding carboxylic acids is 3. The highest BCUT2D eigenvalue weighted by Gasteiger charge is 2.29. The standard InChI is InChI=1S/C24H27Cl2N3O3/c1-14(2)10-21(29-23(31)19-9-8-17(25)12-20(19)26)24(32)27-13-15-4-3-5-18(11-15)28-22(30)16-6-7-16/h3-5,8-9,11-12,14,16,21H,6-7,10,13H2,1-2H3,(H,27,32)(H,28,30)(H,29,31). The third-order valence-corrected chi connectivity index (χ3v) is 5.66. The van der Waals surface area contributed by atoms with Crippen LogP contribution in [0.4, 0.5) is 5.69 Å². The zero-order chi connectivity index (χ0) is 23.3. The van der Waals surface area contributed by atoms with E-state index in [1.54, 1.807) is 6.07 Å². The van der Waals surface area contributed by atoms with Crippen LogP contribution in [0, 0.1) is 11.8 Å². The highest BCUT2D eigenvalue weighted by Crippen LogP contribution is 2.30. The van der Waals surface area contributed by atoms with Crippen LogP contribution in [0.2, 0.25) is 10.0 Å². The van der Waals surface area contributed by atoms with Gasteiger partial charge in [-0.3, -0.25) is 14.4 Å². The summed E-state index contributed by atoms with van der Waals surface area (Å²) in [5.74, 6) is -0.380. The first kappa shape index (κ1) is 24.1. The molecule has 1 fully saturated rings. The van der Waals surface area contributed by atoms with Crippen LogP contribution < -0.4 is 16.0 Å². The van der Waals surface area contributed by atoms with Gasteiger partial charge in [0, 0.05) is 23.2 Å². The predicted octanol–water partition coefficient (Wildman–Crippen LogP) is 4.80. The summed E-state index contributed by atoms with van der Waals surface area (Å²) in [7, 11) is 0. The quantitative estimate of drug-likeness (QED) is 0.486. The summed E-state index contributed by atoms with van der Waals surface area (Å²) in [5.41, 5.74) is 1.82. The monoisotopic (exact) mass is 475 g/mol. The van der Waals surface area contributed by atoms with E-state index in [4.69, 9.17) is 23.2 Å². The van der Waals surface area contributed by atoms with Crippen LogP contribution in [-0.4, -0.2) is 23.8 Å². The Balaban J connectivity index is 1.62. The summed E-state index contributed by atoms with van der Waals surface area (Å²) in [6.45, 7) is 4.24. The Morgan fingerprint density at radius 2 is 1.81 bits per heavy atom. The highest BCUT2D eigenvalue weighted by atomic mass is 35.5. The molecule has 3 N–H and O–H groups in total. The zero-order valence-electron chi connectivity index (χ0n) is 18.1. The average molecular weight is 476 g/mol. The molecule has 0 saturated heterocycles. The van der Waals surface area contributed by atoms with Gasteiger partial charge in [-0.05, 0) is 61.1 Å². The number of hydrogen-bond acceptors (Lipinski definition) is 3. The van der Waals surface area contributed by atoms with Gasteiger partial charge in [0.25, 0.3) is 5.91 Å². The predicted molar refractivity (Wildman–Crippen MR) is 127 cm³/mol. The van der Waals surface area contributed by atoms with Gasteiger partial charge in [-0.25, -0.2) is 0 Å². The fourth-order valence-corrected chi connectivity index (χ4v) is 3.77. The molecule has 1 saturated carbocycles. The molecule has 170 valence electrons. The lowest BCUT2D eigenvalue weighted by Crippen LogP contribution is -2.47. The molecule has 0 spiro atoms. The molecule has 32 heavy (non-hydrogen) atoms. The zero-order valence-corrected chi connectivity index (χ0v) is 19.6. The van der Waals surface area contributed by atoms with Crippen molar-refractivity contribution in [2.75, 3.05) is 5.32 Å². The Hall–Kier alpha value is -2.57. The molecule has 0 aliphatic heterocycles. The van der Waals surface area contributed by atoms with E-state index in [1.807, 2.05) is 38.1 Å². The number of benzene rings is 2. The van der Waals surface area contributed by atoms with Gasteiger partial charge >= 0.3 is 0 Å². The van der Waals surface area contributed by atoms with Crippen molar-refractivity contribution in [2.24, 2.45) is 11.8 Å². The van der Waals surface area contributed by atoms with Crippen molar-refractivity contribution in [2.45, 2.75) is 45.7 Å². The van der Waals surface area contributed by atoms with Gasteiger partial charge in [-0.1, -0.05) is 49.2 Å². The third kappa shape index (κ3) is 6.97. The van der Waals surface area contributed by atoms with Crippen molar-refractivity contribution in [1.82, 2.24) is 10.6 Å². The fraction of sp³-hybridized carbons (Fsp3) is 0.375. The van der Waals surface area contributed by atoms with Gasteiger partial charge in [0.05, 0.1) is 10.6 Å².